The van der Waals surface area contributed by atoms with Gasteiger partial charge >= 0.3 is 0 Å². The zero-order chi connectivity index (χ0) is 13.2. The minimum atomic E-state index is -0.381. The van der Waals surface area contributed by atoms with Crippen molar-refractivity contribution in [2.45, 2.75) is 0 Å². The average molecular weight is 254 g/mol. The molecule has 3 rings (SSSR count). The molecule has 1 aromatic heterocycles. The van der Waals surface area contributed by atoms with Crippen molar-refractivity contribution >= 4 is 22.4 Å². The summed E-state index contributed by atoms with van der Waals surface area (Å²) < 4.78 is 4.79. The number of aromatic nitrogens is 1. The van der Waals surface area contributed by atoms with Gasteiger partial charge in [0.05, 0.1) is 6.20 Å². The van der Waals surface area contributed by atoms with Gasteiger partial charge in [-0.1, -0.05) is 29.4 Å². The van der Waals surface area contributed by atoms with Crippen molar-refractivity contribution in [2.75, 3.05) is 5.32 Å². The maximum absolute atomic E-state index is 11.9. The third kappa shape index (κ3) is 2.01. The number of aromatic hydroxyl groups is 1. The van der Waals surface area contributed by atoms with E-state index < -0.39 is 0 Å². The molecule has 0 unspecified atom stereocenters. The normalized spacial score (nSPS) is 10.5. The van der Waals surface area contributed by atoms with E-state index in [2.05, 4.69) is 10.5 Å². The number of hydrogen-bond donors (Lipinski definition) is 2. The zero-order valence-electron chi connectivity index (χ0n) is 9.83. The van der Waals surface area contributed by atoms with Crippen LogP contribution in [0.1, 0.15) is 10.6 Å². The Labute approximate surface area is 108 Å². The highest BCUT2D eigenvalue weighted by atomic mass is 16.5. The molecule has 0 saturated heterocycles. The molecule has 0 aliphatic rings. The number of rotatable bonds is 2. The van der Waals surface area contributed by atoms with Crippen molar-refractivity contribution in [3.8, 4) is 5.75 Å². The second-order valence-electron chi connectivity index (χ2n) is 4.01. The smallest absolute Gasteiger partial charge is 0.294 e. The van der Waals surface area contributed by atoms with Gasteiger partial charge in [0.15, 0.2) is 0 Å². The molecule has 1 amide bonds. The van der Waals surface area contributed by atoms with Gasteiger partial charge in [0.1, 0.15) is 5.75 Å². The predicted octanol–water partition coefficient (Wildman–Crippen LogP) is 2.79. The van der Waals surface area contributed by atoms with E-state index in [0.29, 0.717) is 11.1 Å². The molecule has 1 heterocycles. The van der Waals surface area contributed by atoms with Crippen LogP contribution in [0.3, 0.4) is 0 Å². The number of carbonyl (C=O) groups is 1. The zero-order valence-corrected chi connectivity index (χ0v) is 9.83. The summed E-state index contributed by atoms with van der Waals surface area (Å²) in [6.45, 7) is 0. The Hall–Kier alpha value is -2.82. The molecule has 0 bridgehead atoms. The number of phenolic OH excluding ortho intramolecular Hbond substituents is 1. The topological polar surface area (TPSA) is 75.4 Å². The molecule has 2 aromatic carbocycles. The molecule has 0 saturated carbocycles. The van der Waals surface area contributed by atoms with Gasteiger partial charge in [0, 0.05) is 22.5 Å². The predicted molar refractivity (Wildman–Crippen MR) is 70.1 cm³/mol. The molecular weight excluding hydrogens is 244 g/mol. The first-order valence-electron chi connectivity index (χ1n) is 5.68. The van der Waals surface area contributed by atoms with E-state index >= 15 is 0 Å². The molecule has 94 valence electrons. The molecule has 19 heavy (non-hydrogen) atoms. The average Bonchev–Trinajstić information content (AvgIpc) is 2.94. The SMILES string of the molecule is O=C(Nc1cccc2c(O)cccc12)c1ccno1. The molecule has 0 radical (unpaired) electrons. The maximum Gasteiger partial charge on any atom is 0.294 e. The molecule has 0 fully saturated rings. The van der Waals surface area contributed by atoms with E-state index in [-0.39, 0.29) is 17.4 Å². The fourth-order valence-corrected chi connectivity index (χ4v) is 1.92. The fourth-order valence-electron chi connectivity index (χ4n) is 1.92. The van der Waals surface area contributed by atoms with Crippen LogP contribution in [0, 0.1) is 0 Å². The second-order valence-corrected chi connectivity index (χ2v) is 4.01. The number of anilines is 1. The number of fused-ring (bicyclic) bond motifs is 1. The van der Waals surface area contributed by atoms with Crippen molar-refractivity contribution < 1.29 is 14.4 Å². The summed E-state index contributed by atoms with van der Waals surface area (Å²) in [7, 11) is 0. The lowest BCUT2D eigenvalue weighted by Crippen LogP contribution is -2.11. The summed E-state index contributed by atoms with van der Waals surface area (Å²) in [6.07, 6.45) is 1.41. The van der Waals surface area contributed by atoms with Crippen molar-refractivity contribution in [2.24, 2.45) is 0 Å². The minimum Gasteiger partial charge on any atom is -0.507 e. The largest absolute Gasteiger partial charge is 0.507 e. The van der Waals surface area contributed by atoms with Crippen LogP contribution in [0.15, 0.2) is 53.2 Å². The number of carbonyl (C=O) groups excluding carboxylic acids is 1. The third-order valence-electron chi connectivity index (χ3n) is 2.81. The summed E-state index contributed by atoms with van der Waals surface area (Å²) in [5.41, 5.74) is 0.606. The van der Waals surface area contributed by atoms with Crippen molar-refractivity contribution in [1.29, 1.82) is 0 Å². The maximum atomic E-state index is 11.9. The molecule has 0 aliphatic heterocycles. The third-order valence-corrected chi connectivity index (χ3v) is 2.81. The fraction of sp³-hybridized carbons (Fsp3) is 0. The molecule has 0 aliphatic carbocycles. The molecular formula is C14H10N2O3. The van der Waals surface area contributed by atoms with E-state index in [1.54, 1.807) is 30.3 Å². The number of benzene rings is 2. The first kappa shape index (κ1) is 11.3. The monoisotopic (exact) mass is 254 g/mol. The highest BCUT2D eigenvalue weighted by Crippen LogP contribution is 2.29. The van der Waals surface area contributed by atoms with Crippen LogP contribution >= 0.6 is 0 Å². The van der Waals surface area contributed by atoms with Gasteiger partial charge in [-0.25, -0.2) is 0 Å². The lowest BCUT2D eigenvalue weighted by molar-refractivity contribution is 0.0988. The summed E-state index contributed by atoms with van der Waals surface area (Å²) in [5.74, 6) is -0.0706. The summed E-state index contributed by atoms with van der Waals surface area (Å²) in [5, 5.41) is 17.4. The van der Waals surface area contributed by atoms with Crippen LogP contribution in [0.2, 0.25) is 0 Å². The lowest BCUT2D eigenvalue weighted by Gasteiger charge is -2.08. The molecule has 5 nitrogen and oxygen atoms in total. The van der Waals surface area contributed by atoms with E-state index in [1.165, 1.54) is 12.3 Å². The van der Waals surface area contributed by atoms with Crippen LogP contribution in [0.25, 0.3) is 10.8 Å². The van der Waals surface area contributed by atoms with Gasteiger partial charge in [-0.2, -0.15) is 0 Å². The Kier molecular flexibility index (Phi) is 2.64. The van der Waals surface area contributed by atoms with Crippen LogP contribution in [-0.4, -0.2) is 16.2 Å². The molecule has 3 aromatic rings. The number of phenols is 1. The van der Waals surface area contributed by atoms with E-state index in [9.17, 15) is 9.90 Å². The van der Waals surface area contributed by atoms with Gasteiger partial charge in [0.25, 0.3) is 5.91 Å². The lowest BCUT2D eigenvalue weighted by atomic mass is 10.1. The Bertz CT molecular complexity index is 736. The second kappa shape index (κ2) is 4.45. The van der Waals surface area contributed by atoms with Crippen molar-refractivity contribution in [3.05, 3.63) is 54.4 Å². The summed E-state index contributed by atoms with van der Waals surface area (Å²) in [4.78, 5) is 11.9. The highest BCUT2D eigenvalue weighted by molar-refractivity contribution is 6.08. The van der Waals surface area contributed by atoms with Gasteiger partial charge in [0.2, 0.25) is 5.76 Å². The molecule has 0 spiro atoms. The Morgan fingerprint density at radius 3 is 2.68 bits per heavy atom. The molecule has 0 atom stereocenters. The van der Waals surface area contributed by atoms with Crippen LogP contribution in [0.4, 0.5) is 5.69 Å². The Morgan fingerprint density at radius 1 is 1.11 bits per heavy atom. The van der Waals surface area contributed by atoms with E-state index in [1.807, 2.05) is 6.07 Å². The van der Waals surface area contributed by atoms with E-state index in [4.69, 9.17) is 4.52 Å². The number of nitrogens with one attached hydrogen (secondary N) is 1. The van der Waals surface area contributed by atoms with Crippen molar-refractivity contribution in [1.82, 2.24) is 5.16 Å². The van der Waals surface area contributed by atoms with Crippen LogP contribution < -0.4 is 5.32 Å². The van der Waals surface area contributed by atoms with Crippen LogP contribution in [0.5, 0.6) is 5.75 Å². The Morgan fingerprint density at radius 2 is 1.89 bits per heavy atom. The van der Waals surface area contributed by atoms with Crippen molar-refractivity contribution in [3.63, 3.8) is 0 Å². The number of amides is 1. The first-order chi connectivity index (χ1) is 9.25. The first-order valence-corrected chi connectivity index (χ1v) is 5.68. The van der Waals surface area contributed by atoms with Gasteiger partial charge in [-0.3, -0.25) is 4.79 Å². The highest BCUT2D eigenvalue weighted by Gasteiger charge is 2.12. The minimum absolute atomic E-state index is 0.136. The summed E-state index contributed by atoms with van der Waals surface area (Å²) >= 11 is 0. The molecule has 5 heteroatoms. The summed E-state index contributed by atoms with van der Waals surface area (Å²) in [6, 6.07) is 11.9. The number of nitrogens with zero attached hydrogens (tertiary/aromatic N) is 1. The standard InChI is InChI=1S/C14H10N2O3/c17-12-6-2-3-9-10(12)4-1-5-11(9)16-14(18)13-7-8-15-19-13/h1-8,17H,(H,16,18). The van der Waals surface area contributed by atoms with Gasteiger partial charge < -0.3 is 14.9 Å². The van der Waals surface area contributed by atoms with Gasteiger partial charge in [-0.05, 0) is 12.1 Å². The van der Waals surface area contributed by atoms with Gasteiger partial charge in [-0.15, -0.1) is 0 Å². The number of hydrogen-bond acceptors (Lipinski definition) is 4. The quantitative estimate of drug-likeness (QED) is 0.737. The Balaban J connectivity index is 2.02. The van der Waals surface area contributed by atoms with E-state index in [0.717, 1.165) is 5.39 Å². The molecule has 2 N–H and O–H groups in total. The van der Waals surface area contributed by atoms with Crippen LogP contribution in [-0.2, 0) is 0 Å².